The van der Waals surface area contributed by atoms with Crippen molar-refractivity contribution in [3.63, 3.8) is 0 Å². The van der Waals surface area contributed by atoms with Gasteiger partial charge in [0.2, 0.25) is 0 Å². The first-order valence-corrected chi connectivity index (χ1v) is 6.66. The van der Waals surface area contributed by atoms with E-state index < -0.39 is 0 Å². The number of rotatable bonds is 3. The maximum atomic E-state index is 5.89. The molecule has 0 aromatic carbocycles. The Balaban J connectivity index is 2.12. The molecule has 2 unspecified atom stereocenters. The SMILES string of the molecule is CCc1c(N)ncnc1NC1CCN(C)CC1C. The van der Waals surface area contributed by atoms with E-state index in [0.717, 1.165) is 37.3 Å². The van der Waals surface area contributed by atoms with Crippen molar-refractivity contribution in [2.45, 2.75) is 32.7 Å². The minimum Gasteiger partial charge on any atom is -0.383 e. The molecule has 2 heterocycles. The number of hydrogen-bond acceptors (Lipinski definition) is 5. The number of anilines is 2. The van der Waals surface area contributed by atoms with Crippen molar-refractivity contribution in [2.75, 3.05) is 31.2 Å². The van der Waals surface area contributed by atoms with Crippen LogP contribution in [0, 0.1) is 5.92 Å². The molecule has 0 radical (unpaired) electrons. The lowest BCUT2D eigenvalue weighted by Crippen LogP contribution is -2.43. The molecule has 0 saturated carbocycles. The number of likely N-dealkylation sites (tertiary alicyclic amines) is 1. The van der Waals surface area contributed by atoms with Crippen LogP contribution in [-0.2, 0) is 6.42 Å². The van der Waals surface area contributed by atoms with Gasteiger partial charge in [-0.3, -0.25) is 0 Å². The molecule has 1 saturated heterocycles. The topological polar surface area (TPSA) is 67.1 Å². The van der Waals surface area contributed by atoms with Gasteiger partial charge in [-0.15, -0.1) is 0 Å². The maximum absolute atomic E-state index is 5.89. The molecular formula is C13H23N5. The lowest BCUT2D eigenvalue weighted by atomic mass is 9.94. The van der Waals surface area contributed by atoms with E-state index in [-0.39, 0.29) is 0 Å². The predicted molar refractivity (Wildman–Crippen MR) is 74.5 cm³/mol. The van der Waals surface area contributed by atoms with Gasteiger partial charge in [-0.25, -0.2) is 9.97 Å². The maximum Gasteiger partial charge on any atom is 0.134 e. The van der Waals surface area contributed by atoms with Gasteiger partial charge in [-0.05, 0) is 32.4 Å². The largest absolute Gasteiger partial charge is 0.383 e. The van der Waals surface area contributed by atoms with Gasteiger partial charge in [0, 0.05) is 18.2 Å². The van der Waals surface area contributed by atoms with Crippen molar-refractivity contribution in [2.24, 2.45) is 5.92 Å². The van der Waals surface area contributed by atoms with E-state index in [4.69, 9.17) is 5.73 Å². The summed E-state index contributed by atoms with van der Waals surface area (Å²) in [5, 5.41) is 3.55. The fourth-order valence-electron chi connectivity index (χ4n) is 2.64. The molecule has 1 aromatic heterocycles. The van der Waals surface area contributed by atoms with Crippen molar-refractivity contribution in [3.05, 3.63) is 11.9 Å². The highest BCUT2D eigenvalue weighted by Gasteiger charge is 2.25. The second kappa shape index (κ2) is 5.52. The second-order valence-electron chi connectivity index (χ2n) is 5.22. The van der Waals surface area contributed by atoms with Gasteiger partial charge in [0.25, 0.3) is 0 Å². The van der Waals surface area contributed by atoms with Crippen LogP contribution in [0.2, 0.25) is 0 Å². The Morgan fingerprint density at radius 3 is 2.94 bits per heavy atom. The molecule has 3 N–H and O–H groups in total. The summed E-state index contributed by atoms with van der Waals surface area (Å²) in [5.41, 5.74) is 6.93. The van der Waals surface area contributed by atoms with E-state index in [0.29, 0.717) is 17.8 Å². The molecular weight excluding hydrogens is 226 g/mol. The highest BCUT2D eigenvalue weighted by Crippen LogP contribution is 2.23. The van der Waals surface area contributed by atoms with Gasteiger partial charge >= 0.3 is 0 Å². The van der Waals surface area contributed by atoms with Gasteiger partial charge < -0.3 is 16.0 Å². The molecule has 1 aliphatic rings. The second-order valence-corrected chi connectivity index (χ2v) is 5.22. The quantitative estimate of drug-likeness (QED) is 0.847. The van der Waals surface area contributed by atoms with Crippen LogP contribution in [0.5, 0.6) is 0 Å². The molecule has 2 atom stereocenters. The summed E-state index contributed by atoms with van der Waals surface area (Å²) < 4.78 is 0. The van der Waals surface area contributed by atoms with E-state index in [1.165, 1.54) is 6.33 Å². The minimum atomic E-state index is 0.473. The molecule has 0 spiro atoms. The number of nitrogens with one attached hydrogen (secondary N) is 1. The van der Waals surface area contributed by atoms with E-state index in [1.54, 1.807) is 0 Å². The van der Waals surface area contributed by atoms with E-state index in [1.807, 2.05) is 0 Å². The first-order chi connectivity index (χ1) is 8.61. The number of nitrogens with zero attached hydrogens (tertiary/aromatic N) is 3. The monoisotopic (exact) mass is 249 g/mol. The highest BCUT2D eigenvalue weighted by molar-refractivity contribution is 5.55. The van der Waals surface area contributed by atoms with Crippen molar-refractivity contribution in [1.82, 2.24) is 14.9 Å². The normalized spacial score (nSPS) is 25.1. The molecule has 100 valence electrons. The summed E-state index contributed by atoms with van der Waals surface area (Å²) in [7, 11) is 2.17. The molecule has 1 fully saturated rings. The van der Waals surface area contributed by atoms with Crippen molar-refractivity contribution >= 4 is 11.6 Å². The van der Waals surface area contributed by atoms with Crippen LogP contribution in [0.4, 0.5) is 11.6 Å². The summed E-state index contributed by atoms with van der Waals surface area (Å²) in [5.74, 6) is 2.12. The third-order valence-electron chi connectivity index (χ3n) is 3.76. The zero-order chi connectivity index (χ0) is 13.1. The van der Waals surface area contributed by atoms with E-state index in [2.05, 4.69) is 41.1 Å². The summed E-state index contributed by atoms with van der Waals surface area (Å²) in [6.45, 7) is 6.62. The number of nitrogens with two attached hydrogens (primary N) is 1. The zero-order valence-electron chi connectivity index (χ0n) is 11.5. The van der Waals surface area contributed by atoms with Crippen molar-refractivity contribution in [3.8, 4) is 0 Å². The third-order valence-corrected chi connectivity index (χ3v) is 3.76. The average Bonchev–Trinajstić information content (AvgIpc) is 2.33. The average molecular weight is 249 g/mol. The van der Waals surface area contributed by atoms with Gasteiger partial charge in [0.15, 0.2) is 0 Å². The Labute approximate surface area is 109 Å². The van der Waals surface area contributed by atoms with Crippen LogP contribution in [0.25, 0.3) is 0 Å². The summed E-state index contributed by atoms with van der Waals surface area (Å²) >= 11 is 0. The third kappa shape index (κ3) is 2.72. The Hall–Kier alpha value is -1.36. The van der Waals surface area contributed by atoms with Crippen LogP contribution < -0.4 is 11.1 Å². The molecule has 1 aliphatic heterocycles. The van der Waals surface area contributed by atoms with Crippen molar-refractivity contribution in [1.29, 1.82) is 0 Å². The summed E-state index contributed by atoms with van der Waals surface area (Å²) in [6, 6.07) is 0.473. The van der Waals surface area contributed by atoms with E-state index >= 15 is 0 Å². The van der Waals surface area contributed by atoms with Gasteiger partial charge in [-0.2, -0.15) is 0 Å². The number of aromatic nitrogens is 2. The standard InChI is InChI=1S/C13H23N5/c1-4-10-12(14)15-8-16-13(10)17-11-5-6-18(3)7-9(11)2/h8-9,11H,4-7H2,1-3H3,(H3,14,15,16,17). The molecule has 0 aliphatic carbocycles. The number of piperidine rings is 1. The molecule has 0 amide bonds. The molecule has 18 heavy (non-hydrogen) atoms. The Morgan fingerprint density at radius 1 is 1.50 bits per heavy atom. The lowest BCUT2D eigenvalue weighted by Gasteiger charge is -2.35. The summed E-state index contributed by atoms with van der Waals surface area (Å²) in [6.07, 6.45) is 3.54. The molecule has 5 heteroatoms. The number of nitrogen functional groups attached to an aromatic ring is 1. The smallest absolute Gasteiger partial charge is 0.134 e. The lowest BCUT2D eigenvalue weighted by molar-refractivity contribution is 0.206. The fraction of sp³-hybridized carbons (Fsp3) is 0.692. The zero-order valence-corrected chi connectivity index (χ0v) is 11.5. The van der Waals surface area contributed by atoms with E-state index in [9.17, 15) is 0 Å². The van der Waals surface area contributed by atoms with Crippen LogP contribution in [0.1, 0.15) is 25.8 Å². The molecule has 0 bridgehead atoms. The van der Waals surface area contributed by atoms with Crippen LogP contribution >= 0.6 is 0 Å². The summed E-state index contributed by atoms with van der Waals surface area (Å²) in [4.78, 5) is 10.8. The van der Waals surface area contributed by atoms with Crippen LogP contribution in [0.15, 0.2) is 6.33 Å². The Kier molecular flexibility index (Phi) is 4.01. The van der Waals surface area contributed by atoms with Gasteiger partial charge in [0.05, 0.1) is 0 Å². The highest BCUT2D eigenvalue weighted by atomic mass is 15.1. The Bertz CT molecular complexity index is 406. The molecule has 5 nitrogen and oxygen atoms in total. The van der Waals surface area contributed by atoms with Gasteiger partial charge in [0.1, 0.15) is 18.0 Å². The van der Waals surface area contributed by atoms with Gasteiger partial charge in [-0.1, -0.05) is 13.8 Å². The molecule has 1 aromatic rings. The minimum absolute atomic E-state index is 0.473. The number of hydrogen-bond donors (Lipinski definition) is 2. The van der Waals surface area contributed by atoms with Crippen molar-refractivity contribution < 1.29 is 0 Å². The first kappa shape index (κ1) is 13.1. The predicted octanol–water partition coefficient (Wildman–Crippen LogP) is 1.37. The first-order valence-electron chi connectivity index (χ1n) is 6.66. The van der Waals surface area contributed by atoms with Crippen LogP contribution in [0.3, 0.4) is 0 Å². The Morgan fingerprint density at radius 2 is 2.28 bits per heavy atom. The molecule has 2 rings (SSSR count). The van der Waals surface area contributed by atoms with Crippen LogP contribution in [-0.4, -0.2) is 41.0 Å². The fourth-order valence-corrected chi connectivity index (χ4v) is 2.64.